The highest BCUT2D eigenvalue weighted by Gasteiger charge is 2.19. The van der Waals surface area contributed by atoms with Gasteiger partial charge < -0.3 is 13.7 Å². The van der Waals surface area contributed by atoms with Gasteiger partial charge in [0.05, 0.1) is 17.4 Å². The molecule has 3 aromatic rings. The quantitative estimate of drug-likeness (QED) is 0.376. The van der Waals surface area contributed by atoms with Crippen molar-refractivity contribution in [3.8, 4) is 0 Å². The summed E-state index contributed by atoms with van der Waals surface area (Å²) in [5.41, 5.74) is 2.55. The summed E-state index contributed by atoms with van der Waals surface area (Å²) in [5, 5.41) is 2.41. The average Bonchev–Trinajstić information content (AvgIpc) is 3.10. The monoisotopic (exact) mass is 470 g/mol. The fourth-order valence-electron chi connectivity index (χ4n) is 2.89. The molecule has 0 aliphatic rings. The highest BCUT2D eigenvalue weighted by molar-refractivity contribution is 7.86. The van der Waals surface area contributed by atoms with Gasteiger partial charge in [0.2, 0.25) is 0 Å². The van der Waals surface area contributed by atoms with E-state index in [1.807, 2.05) is 4.90 Å². The number of anilines is 2. The van der Waals surface area contributed by atoms with Gasteiger partial charge in [0.25, 0.3) is 0 Å². The summed E-state index contributed by atoms with van der Waals surface area (Å²) in [5.74, 6) is 0.367. The second kappa shape index (κ2) is 10.0. The molecule has 0 aliphatic carbocycles. The number of benzene rings is 2. The molecule has 0 saturated carbocycles. The van der Waals surface area contributed by atoms with E-state index in [0.717, 1.165) is 5.69 Å². The van der Waals surface area contributed by atoms with Crippen molar-refractivity contribution in [1.29, 1.82) is 0 Å². The summed E-state index contributed by atoms with van der Waals surface area (Å²) in [6.07, 6.45) is 0.292. The third kappa shape index (κ3) is 5.78. The average molecular weight is 471 g/mol. The van der Waals surface area contributed by atoms with Crippen molar-refractivity contribution in [1.82, 2.24) is 9.55 Å². The lowest BCUT2D eigenvalue weighted by Gasteiger charge is -2.23. The molecule has 0 bridgehead atoms. The first-order chi connectivity index (χ1) is 14.4. The molecule has 3 rings (SSSR count). The molecule has 1 amide bonds. The Hall–Kier alpha value is -2.49. The van der Waals surface area contributed by atoms with Gasteiger partial charge in [-0.3, -0.25) is 5.32 Å². The summed E-state index contributed by atoms with van der Waals surface area (Å²) in [7, 11) is -4.18. The van der Waals surface area contributed by atoms with Crippen LogP contribution in [0.3, 0.4) is 0 Å². The number of halogens is 2. The van der Waals surface area contributed by atoms with Crippen LogP contribution in [0.2, 0.25) is 0 Å². The Kier molecular flexibility index (Phi) is 7.41. The molecule has 2 aromatic carbocycles. The second-order valence-electron chi connectivity index (χ2n) is 6.30. The van der Waals surface area contributed by atoms with E-state index in [9.17, 15) is 13.2 Å². The number of hydrogen-bond acceptors (Lipinski definition) is 6. The van der Waals surface area contributed by atoms with Crippen LogP contribution in [-0.2, 0) is 20.2 Å². The molecule has 160 valence electrons. The Morgan fingerprint density at radius 3 is 2.40 bits per heavy atom. The SMILES string of the molecule is O=C(Nc1ccc(N(CCCl)CCCl)cc1)OS(=O)(=O)Cn1cnc2ccccc21. The molecule has 1 aromatic heterocycles. The van der Waals surface area contributed by atoms with Crippen molar-refractivity contribution < 1.29 is 17.4 Å². The molecule has 0 unspecified atom stereocenters. The first-order valence-corrected chi connectivity index (χ1v) is 11.7. The predicted molar refractivity (Wildman–Crippen MR) is 119 cm³/mol. The Balaban J connectivity index is 1.61. The molecule has 30 heavy (non-hydrogen) atoms. The molecule has 0 saturated heterocycles. The number of carbonyl (C=O) groups is 1. The lowest BCUT2D eigenvalue weighted by atomic mass is 10.2. The van der Waals surface area contributed by atoms with Gasteiger partial charge >= 0.3 is 16.2 Å². The van der Waals surface area contributed by atoms with Crippen LogP contribution in [0, 0.1) is 0 Å². The minimum absolute atomic E-state index is 0.392. The zero-order valence-corrected chi connectivity index (χ0v) is 18.2. The van der Waals surface area contributed by atoms with E-state index in [1.54, 1.807) is 48.5 Å². The van der Waals surface area contributed by atoms with Crippen molar-refractivity contribution in [2.24, 2.45) is 0 Å². The van der Waals surface area contributed by atoms with E-state index in [2.05, 4.69) is 14.5 Å². The number of carbonyl (C=O) groups excluding carboxylic acids is 1. The van der Waals surface area contributed by atoms with Gasteiger partial charge in [0.15, 0.2) is 5.88 Å². The Morgan fingerprint density at radius 2 is 1.73 bits per heavy atom. The van der Waals surface area contributed by atoms with Crippen LogP contribution >= 0.6 is 23.2 Å². The van der Waals surface area contributed by atoms with Gasteiger partial charge in [-0.1, -0.05) is 12.1 Å². The third-order valence-corrected chi connectivity index (χ3v) is 5.55. The molecule has 1 N–H and O–H groups in total. The molecule has 1 heterocycles. The lowest BCUT2D eigenvalue weighted by molar-refractivity contribution is 0.216. The van der Waals surface area contributed by atoms with Crippen LogP contribution in [0.5, 0.6) is 0 Å². The fraction of sp³-hybridized carbons (Fsp3) is 0.263. The maximum Gasteiger partial charge on any atom is 0.427 e. The Bertz CT molecular complexity index is 1100. The summed E-state index contributed by atoms with van der Waals surface area (Å²) in [6, 6.07) is 13.9. The zero-order chi connectivity index (χ0) is 21.6. The number of para-hydroxylation sites is 2. The van der Waals surface area contributed by atoms with E-state index < -0.39 is 22.1 Å². The summed E-state index contributed by atoms with van der Waals surface area (Å²) in [4.78, 5) is 18.2. The number of nitrogens with one attached hydrogen (secondary N) is 1. The lowest BCUT2D eigenvalue weighted by Crippen LogP contribution is -2.27. The van der Waals surface area contributed by atoms with Crippen molar-refractivity contribution in [2.45, 2.75) is 5.88 Å². The van der Waals surface area contributed by atoms with Crippen LogP contribution in [0.1, 0.15) is 0 Å². The van der Waals surface area contributed by atoms with E-state index in [4.69, 9.17) is 23.2 Å². The number of imidazole rings is 1. The van der Waals surface area contributed by atoms with Crippen LogP contribution in [0.25, 0.3) is 11.0 Å². The number of rotatable bonds is 9. The highest BCUT2D eigenvalue weighted by Crippen LogP contribution is 2.19. The summed E-state index contributed by atoms with van der Waals surface area (Å²) >= 11 is 11.6. The minimum atomic E-state index is -4.18. The van der Waals surface area contributed by atoms with Crippen LogP contribution in [0.15, 0.2) is 54.9 Å². The van der Waals surface area contributed by atoms with Crippen molar-refractivity contribution >= 4 is 61.8 Å². The first-order valence-electron chi connectivity index (χ1n) is 9.02. The standard InChI is InChI=1S/C19H20Cl2N4O4S/c20-9-11-24(12-10-21)16-7-5-15(6-8-16)23-19(26)29-30(27,28)14-25-13-22-17-3-1-2-4-18(17)25/h1-8,13H,9-12,14H2,(H,23,26). The van der Waals surface area contributed by atoms with Gasteiger partial charge in [-0.2, -0.15) is 8.42 Å². The first kappa shape index (κ1) is 22.2. The molecule has 0 spiro atoms. The second-order valence-corrected chi connectivity index (χ2v) is 8.59. The molecule has 0 fully saturated rings. The fourth-order valence-corrected chi connectivity index (χ4v) is 4.17. The van der Waals surface area contributed by atoms with Gasteiger partial charge in [-0.25, -0.2) is 9.78 Å². The normalized spacial score (nSPS) is 11.4. The van der Waals surface area contributed by atoms with Crippen LogP contribution < -0.4 is 10.2 Å². The smallest absolute Gasteiger partial charge is 0.369 e. The van der Waals surface area contributed by atoms with Crippen molar-refractivity contribution in [3.63, 3.8) is 0 Å². The molecule has 11 heteroatoms. The van der Waals surface area contributed by atoms with Crippen molar-refractivity contribution in [2.75, 3.05) is 35.1 Å². The number of hydrogen-bond donors (Lipinski definition) is 1. The summed E-state index contributed by atoms with van der Waals surface area (Å²) < 4.78 is 30.6. The largest absolute Gasteiger partial charge is 0.427 e. The third-order valence-electron chi connectivity index (χ3n) is 4.21. The Morgan fingerprint density at radius 1 is 1.07 bits per heavy atom. The van der Waals surface area contributed by atoms with E-state index in [1.165, 1.54) is 10.9 Å². The van der Waals surface area contributed by atoms with E-state index in [-0.39, 0.29) is 0 Å². The molecular formula is C19H20Cl2N4O4S. The molecular weight excluding hydrogens is 451 g/mol. The van der Waals surface area contributed by atoms with Gasteiger partial charge in [-0.15, -0.1) is 23.2 Å². The Labute approximate surface area is 184 Å². The van der Waals surface area contributed by atoms with Gasteiger partial charge in [-0.05, 0) is 36.4 Å². The molecule has 8 nitrogen and oxygen atoms in total. The molecule has 0 atom stereocenters. The minimum Gasteiger partial charge on any atom is -0.369 e. The van der Waals surface area contributed by atoms with E-state index in [0.29, 0.717) is 41.6 Å². The van der Waals surface area contributed by atoms with Gasteiger partial charge in [0.1, 0.15) is 0 Å². The number of alkyl halides is 2. The number of fused-ring (bicyclic) bond motifs is 1. The number of amides is 1. The maximum absolute atomic E-state index is 12.3. The number of aromatic nitrogens is 2. The van der Waals surface area contributed by atoms with Crippen molar-refractivity contribution in [3.05, 3.63) is 54.9 Å². The number of nitrogens with zero attached hydrogens (tertiary/aromatic N) is 3. The molecule has 0 aliphatic heterocycles. The maximum atomic E-state index is 12.3. The predicted octanol–water partition coefficient (Wildman–Crippen LogP) is 3.86. The molecule has 0 radical (unpaired) electrons. The zero-order valence-electron chi connectivity index (χ0n) is 15.9. The van der Waals surface area contributed by atoms with Crippen LogP contribution in [0.4, 0.5) is 16.2 Å². The highest BCUT2D eigenvalue weighted by atomic mass is 35.5. The van der Waals surface area contributed by atoms with Crippen LogP contribution in [-0.4, -0.2) is 48.9 Å². The van der Waals surface area contributed by atoms with Gasteiger partial charge in [0, 0.05) is 36.2 Å². The van der Waals surface area contributed by atoms with E-state index >= 15 is 0 Å². The topological polar surface area (TPSA) is 93.5 Å². The summed E-state index contributed by atoms with van der Waals surface area (Å²) in [6.45, 7) is 1.26.